The number of hydrogen-bond acceptors (Lipinski definition) is 4. The largest absolute Gasteiger partial charge is 0.493 e. The van der Waals surface area contributed by atoms with Crippen LogP contribution in [0.1, 0.15) is 12.1 Å². The van der Waals surface area contributed by atoms with Crippen molar-refractivity contribution in [2.75, 3.05) is 19.5 Å². The first kappa shape index (κ1) is 13.9. The molecular formula is C14H17N3O3. The van der Waals surface area contributed by atoms with Crippen molar-refractivity contribution in [2.45, 2.75) is 12.8 Å². The Kier molecular flexibility index (Phi) is 4.60. The summed E-state index contributed by atoms with van der Waals surface area (Å²) in [5, 5.41) is 2.82. The molecule has 1 heterocycles. The fourth-order valence-electron chi connectivity index (χ4n) is 1.81. The first-order valence-electron chi connectivity index (χ1n) is 6.22. The van der Waals surface area contributed by atoms with Gasteiger partial charge in [0.1, 0.15) is 0 Å². The van der Waals surface area contributed by atoms with Gasteiger partial charge in [-0.15, -0.1) is 0 Å². The molecule has 0 saturated heterocycles. The Balaban J connectivity index is 1.93. The topological polar surface area (TPSA) is 76.2 Å². The highest BCUT2D eigenvalue weighted by molar-refractivity contribution is 5.91. The molecule has 0 radical (unpaired) electrons. The highest BCUT2D eigenvalue weighted by Gasteiger charge is 2.08. The molecule has 0 aliphatic heterocycles. The lowest BCUT2D eigenvalue weighted by Gasteiger charge is -2.10. The number of H-pyrrole nitrogens is 1. The number of nitrogens with zero attached hydrogens (tertiary/aromatic N) is 1. The maximum absolute atomic E-state index is 11.8. The molecule has 2 rings (SSSR count). The number of benzene rings is 1. The first-order chi connectivity index (χ1) is 9.72. The molecule has 0 fully saturated rings. The van der Waals surface area contributed by atoms with Crippen molar-refractivity contribution < 1.29 is 14.3 Å². The average Bonchev–Trinajstić information content (AvgIpc) is 2.98. The van der Waals surface area contributed by atoms with Gasteiger partial charge in [0.2, 0.25) is 5.91 Å². The third kappa shape index (κ3) is 3.50. The van der Waals surface area contributed by atoms with E-state index in [-0.39, 0.29) is 5.91 Å². The van der Waals surface area contributed by atoms with Crippen molar-refractivity contribution in [2.24, 2.45) is 0 Å². The van der Waals surface area contributed by atoms with Crippen LogP contribution in [0, 0.1) is 0 Å². The zero-order valence-electron chi connectivity index (χ0n) is 11.5. The molecule has 0 atom stereocenters. The summed E-state index contributed by atoms with van der Waals surface area (Å²) in [5.74, 6) is 1.15. The zero-order chi connectivity index (χ0) is 14.4. The monoisotopic (exact) mass is 275 g/mol. The van der Waals surface area contributed by atoms with Crippen molar-refractivity contribution in [3.8, 4) is 11.5 Å². The van der Waals surface area contributed by atoms with Gasteiger partial charge in [-0.3, -0.25) is 4.79 Å². The molecule has 2 N–H and O–H groups in total. The summed E-state index contributed by atoms with van der Waals surface area (Å²) >= 11 is 0. The van der Waals surface area contributed by atoms with Crippen LogP contribution in [0.2, 0.25) is 0 Å². The SMILES string of the molecule is COc1ccc(NC(=O)CCc2cnc[nH]2)cc1OC. The quantitative estimate of drug-likeness (QED) is 0.845. The van der Waals surface area contributed by atoms with Crippen LogP contribution in [0.15, 0.2) is 30.7 Å². The summed E-state index contributed by atoms with van der Waals surface area (Å²) in [6, 6.07) is 5.26. The maximum atomic E-state index is 11.8. The van der Waals surface area contributed by atoms with E-state index < -0.39 is 0 Å². The number of nitrogens with one attached hydrogen (secondary N) is 2. The van der Waals surface area contributed by atoms with Crippen molar-refractivity contribution in [3.63, 3.8) is 0 Å². The normalized spacial score (nSPS) is 10.1. The van der Waals surface area contributed by atoms with Crippen LogP contribution in [0.5, 0.6) is 11.5 Å². The summed E-state index contributed by atoms with van der Waals surface area (Å²) < 4.78 is 10.3. The number of ether oxygens (including phenoxy) is 2. The number of aryl methyl sites for hydroxylation is 1. The third-order valence-corrected chi connectivity index (χ3v) is 2.84. The maximum Gasteiger partial charge on any atom is 0.224 e. The minimum Gasteiger partial charge on any atom is -0.493 e. The number of anilines is 1. The van der Waals surface area contributed by atoms with Gasteiger partial charge in [-0.05, 0) is 18.6 Å². The summed E-state index contributed by atoms with van der Waals surface area (Å²) in [6.07, 6.45) is 4.32. The molecule has 0 bridgehead atoms. The van der Waals surface area contributed by atoms with E-state index in [1.165, 1.54) is 0 Å². The zero-order valence-corrected chi connectivity index (χ0v) is 11.5. The van der Waals surface area contributed by atoms with E-state index in [9.17, 15) is 4.79 Å². The summed E-state index contributed by atoms with van der Waals surface area (Å²) in [7, 11) is 3.13. The van der Waals surface area contributed by atoms with Crippen LogP contribution in [-0.2, 0) is 11.2 Å². The predicted octanol–water partition coefficient (Wildman–Crippen LogP) is 2.00. The highest BCUT2D eigenvalue weighted by Crippen LogP contribution is 2.29. The lowest BCUT2D eigenvalue weighted by molar-refractivity contribution is -0.116. The molecule has 0 unspecified atom stereocenters. The van der Waals surface area contributed by atoms with Crippen LogP contribution < -0.4 is 14.8 Å². The first-order valence-corrected chi connectivity index (χ1v) is 6.22. The number of carbonyl (C=O) groups excluding carboxylic acids is 1. The molecule has 0 aliphatic rings. The standard InChI is InChI=1S/C14H17N3O3/c1-19-12-5-3-10(7-13(12)20-2)17-14(18)6-4-11-8-15-9-16-11/h3,5,7-9H,4,6H2,1-2H3,(H,15,16)(H,17,18). The molecule has 0 saturated carbocycles. The van der Waals surface area contributed by atoms with Crippen molar-refractivity contribution in [1.82, 2.24) is 9.97 Å². The molecule has 0 spiro atoms. The number of carbonyl (C=O) groups is 1. The smallest absolute Gasteiger partial charge is 0.224 e. The van der Waals surface area contributed by atoms with E-state index in [0.29, 0.717) is 30.0 Å². The van der Waals surface area contributed by atoms with E-state index in [1.54, 1.807) is 44.9 Å². The van der Waals surface area contributed by atoms with E-state index in [1.807, 2.05) is 0 Å². The lowest BCUT2D eigenvalue weighted by atomic mass is 10.2. The van der Waals surface area contributed by atoms with Gasteiger partial charge in [0.15, 0.2) is 11.5 Å². The average molecular weight is 275 g/mol. The van der Waals surface area contributed by atoms with Crippen LogP contribution in [-0.4, -0.2) is 30.1 Å². The molecule has 1 aromatic carbocycles. The molecule has 6 heteroatoms. The van der Waals surface area contributed by atoms with Gasteiger partial charge in [-0.2, -0.15) is 0 Å². The van der Waals surface area contributed by atoms with Gasteiger partial charge in [-0.1, -0.05) is 0 Å². The Labute approximate surface area is 117 Å². The minimum atomic E-state index is -0.0631. The van der Waals surface area contributed by atoms with Crippen LogP contribution in [0.25, 0.3) is 0 Å². The molecule has 6 nitrogen and oxygen atoms in total. The van der Waals surface area contributed by atoms with Crippen LogP contribution in [0.3, 0.4) is 0 Å². The molecule has 1 amide bonds. The number of rotatable bonds is 6. The summed E-state index contributed by atoms with van der Waals surface area (Å²) in [6.45, 7) is 0. The highest BCUT2D eigenvalue weighted by atomic mass is 16.5. The molecular weight excluding hydrogens is 258 g/mol. The van der Waals surface area contributed by atoms with Crippen molar-refractivity contribution in [1.29, 1.82) is 0 Å². The number of methoxy groups -OCH3 is 2. The number of aromatic amines is 1. The molecule has 106 valence electrons. The van der Waals surface area contributed by atoms with Gasteiger partial charge in [0.05, 0.1) is 20.5 Å². The van der Waals surface area contributed by atoms with Gasteiger partial charge in [-0.25, -0.2) is 4.98 Å². The fourth-order valence-corrected chi connectivity index (χ4v) is 1.81. The van der Waals surface area contributed by atoms with Gasteiger partial charge < -0.3 is 19.8 Å². The van der Waals surface area contributed by atoms with Gasteiger partial charge >= 0.3 is 0 Å². The second kappa shape index (κ2) is 6.60. The third-order valence-electron chi connectivity index (χ3n) is 2.84. The van der Waals surface area contributed by atoms with E-state index in [4.69, 9.17) is 9.47 Å². The second-order valence-corrected chi connectivity index (χ2v) is 4.19. The van der Waals surface area contributed by atoms with Crippen molar-refractivity contribution in [3.05, 3.63) is 36.4 Å². The Morgan fingerprint density at radius 2 is 2.10 bits per heavy atom. The molecule has 20 heavy (non-hydrogen) atoms. The Bertz CT molecular complexity index is 567. The van der Waals surface area contributed by atoms with Gasteiger partial charge in [0, 0.05) is 30.1 Å². The fraction of sp³-hybridized carbons (Fsp3) is 0.286. The molecule has 1 aromatic heterocycles. The van der Waals surface area contributed by atoms with E-state index in [0.717, 1.165) is 5.69 Å². The lowest BCUT2D eigenvalue weighted by Crippen LogP contribution is -2.12. The number of amides is 1. The van der Waals surface area contributed by atoms with Crippen molar-refractivity contribution >= 4 is 11.6 Å². The Morgan fingerprint density at radius 1 is 1.30 bits per heavy atom. The Hall–Kier alpha value is -2.50. The van der Waals surface area contributed by atoms with Crippen LogP contribution in [0.4, 0.5) is 5.69 Å². The van der Waals surface area contributed by atoms with Crippen LogP contribution >= 0.6 is 0 Å². The predicted molar refractivity (Wildman–Crippen MR) is 75.1 cm³/mol. The number of imidazole rings is 1. The van der Waals surface area contributed by atoms with E-state index >= 15 is 0 Å². The molecule has 2 aromatic rings. The number of hydrogen-bond donors (Lipinski definition) is 2. The summed E-state index contributed by atoms with van der Waals surface area (Å²) in [5.41, 5.74) is 1.62. The summed E-state index contributed by atoms with van der Waals surface area (Å²) in [4.78, 5) is 18.7. The van der Waals surface area contributed by atoms with Gasteiger partial charge in [0.25, 0.3) is 0 Å². The minimum absolute atomic E-state index is 0.0631. The number of aromatic nitrogens is 2. The molecule has 0 aliphatic carbocycles. The second-order valence-electron chi connectivity index (χ2n) is 4.19. The van der Waals surface area contributed by atoms with E-state index in [2.05, 4.69) is 15.3 Å². The Morgan fingerprint density at radius 3 is 2.75 bits per heavy atom.